The second-order valence-corrected chi connectivity index (χ2v) is 7.44. The van der Waals surface area contributed by atoms with Gasteiger partial charge in [-0.2, -0.15) is 5.26 Å². The first-order valence-corrected chi connectivity index (χ1v) is 9.44. The largest absolute Gasteiger partial charge is 0.469 e. The van der Waals surface area contributed by atoms with Crippen LogP contribution in [0.1, 0.15) is 30.1 Å². The van der Waals surface area contributed by atoms with Crippen molar-refractivity contribution in [3.05, 3.63) is 76.8 Å². The van der Waals surface area contributed by atoms with Gasteiger partial charge in [-0.1, -0.05) is 18.2 Å². The molecule has 1 aliphatic carbocycles. The van der Waals surface area contributed by atoms with E-state index in [4.69, 9.17) is 14.9 Å². The SMILES string of the molecule is N#CC1=C(N)OC2=C(C(=O)C[C@H](c3ccco3)C2)[C@@]12C(=O)N(CO)c1ccccc12. The average molecular weight is 403 g/mol. The number of allylic oxidation sites excluding steroid dienone is 1. The van der Waals surface area contributed by atoms with E-state index >= 15 is 0 Å². The number of fused-ring (bicyclic) bond motifs is 3. The number of benzene rings is 1. The van der Waals surface area contributed by atoms with Crippen LogP contribution in [-0.4, -0.2) is 23.5 Å². The number of aliphatic hydroxyl groups excluding tert-OH is 1. The summed E-state index contributed by atoms with van der Waals surface area (Å²) in [5.41, 5.74) is 5.22. The third-order valence-electron chi connectivity index (χ3n) is 6.01. The molecule has 0 saturated carbocycles. The molecule has 3 N–H and O–H groups in total. The monoisotopic (exact) mass is 403 g/mol. The fourth-order valence-electron chi connectivity index (χ4n) is 4.82. The van der Waals surface area contributed by atoms with E-state index in [0.717, 1.165) is 4.90 Å². The number of para-hydroxylation sites is 1. The summed E-state index contributed by atoms with van der Waals surface area (Å²) in [7, 11) is 0. The Bertz CT molecular complexity index is 1190. The fraction of sp³-hybridized carbons (Fsp3) is 0.227. The summed E-state index contributed by atoms with van der Waals surface area (Å²) in [6.45, 7) is -0.594. The zero-order valence-electron chi connectivity index (χ0n) is 15.8. The smallest absolute Gasteiger partial charge is 0.249 e. The highest BCUT2D eigenvalue weighted by molar-refractivity contribution is 6.20. The maximum Gasteiger partial charge on any atom is 0.249 e. The van der Waals surface area contributed by atoms with Crippen LogP contribution < -0.4 is 10.6 Å². The summed E-state index contributed by atoms with van der Waals surface area (Å²) in [6.07, 6.45) is 1.93. The van der Waals surface area contributed by atoms with Gasteiger partial charge in [0.15, 0.2) is 5.78 Å². The van der Waals surface area contributed by atoms with Gasteiger partial charge in [0.2, 0.25) is 11.8 Å². The molecule has 0 radical (unpaired) electrons. The van der Waals surface area contributed by atoms with Crippen LogP contribution in [0.2, 0.25) is 0 Å². The lowest BCUT2D eigenvalue weighted by Crippen LogP contribution is -2.49. The van der Waals surface area contributed by atoms with Crippen LogP contribution in [0, 0.1) is 11.3 Å². The predicted octanol–water partition coefficient (Wildman–Crippen LogP) is 1.94. The Hall–Kier alpha value is -3.83. The summed E-state index contributed by atoms with van der Waals surface area (Å²) in [6, 6.07) is 12.3. The molecule has 1 aromatic carbocycles. The minimum atomic E-state index is -1.73. The highest BCUT2D eigenvalue weighted by Crippen LogP contribution is 2.56. The molecule has 1 aromatic heterocycles. The van der Waals surface area contributed by atoms with Crippen molar-refractivity contribution < 1.29 is 23.8 Å². The van der Waals surface area contributed by atoms with Gasteiger partial charge in [-0.15, -0.1) is 0 Å². The Morgan fingerprint density at radius 1 is 1.23 bits per heavy atom. The number of carbonyl (C=O) groups is 2. The lowest BCUT2D eigenvalue weighted by Gasteiger charge is -2.38. The number of hydrogen-bond donors (Lipinski definition) is 2. The van der Waals surface area contributed by atoms with Crippen LogP contribution in [0.4, 0.5) is 5.69 Å². The Labute approximate surface area is 171 Å². The number of aliphatic hydroxyl groups is 1. The molecular formula is C22H17N3O5. The van der Waals surface area contributed by atoms with Crippen molar-refractivity contribution >= 4 is 17.4 Å². The lowest BCUT2D eigenvalue weighted by molar-refractivity contribution is -0.125. The third kappa shape index (κ3) is 2.12. The van der Waals surface area contributed by atoms with E-state index in [-0.39, 0.29) is 40.9 Å². The number of amides is 1. The highest BCUT2D eigenvalue weighted by atomic mass is 16.5. The van der Waals surface area contributed by atoms with Crippen LogP contribution in [-0.2, 0) is 19.7 Å². The van der Waals surface area contributed by atoms with Gasteiger partial charge in [0, 0.05) is 24.3 Å². The Morgan fingerprint density at radius 3 is 2.73 bits per heavy atom. The Balaban J connectivity index is 1.78. The summed E-state index contributed by atoms with van der Waals surface area (Å²) in [5.74, 6) is -0.497. The second kappa shape index (κ2) is 6.34. The van der Waals surface area contributed by atoms with E-state index in [0.29, 0.717) is 23.4 Å². The number of furan rings is 1. The van der Waals surface area contributed by atoms with Crippen LogP contribution in [0.25, 0.3) is 0 Å². The molecule has 150 valence electrons. The molecule has 5 rings (SSSR count). The molecular weight excluding hydrogens is 386 g/mol. The zero-order chi connectivity index (χ0) is 21.0. The maximum absolute atomic E-state index is 13.7. The molecule has 8 heteroatoms. The molecule has 0 saturated heterocycles. The number of hydrogen-bond acceptors (Lipinski definition) is 7. The van der Waals surface area contributed by atoms with Gasteiger partial charge >= 0.3 is 0 Å². The van der Waals surface area contributed by atoms with Crippen molar-refractivity contribution in [2.24, 2.45) is 5.73 Å². The number of ether oxygens (including phenoxy) is 1. The first kappa shape index (κ1) is 18.2. The highest BCUT2D eigenvalue weighted by Gasteiger charge is 2.62. The second-order valence-electron chi connectivity index (χ2n) is 7.44. The number of Topliss-reactive ketones (excluding diaryl/α,β-unsaturated/α-hetero) is 1. The van der Waals surface area contributed by atoms with Crippen LogP contribution in [0.5, 0.6) is 0 Å². The van der Waals surface area contributed by atoms with E-state index in [1.165, 1.54) is 6.26 Å². The van der Waals surface area contributed by atoms with Gasteiger partial charge in [-0.3, -0.25) is 14.5 Å². The zero-order valence-corrected chi connectivity index (χ0v) is 15.8. The minimum Gasteiger partial charge on any atom is -0.469 e. The van der Waals surface area contributed by atoms with Crippen LogP contribution >= 0.6 is 0 Å². The molecule has 0 unspecified atom stereocenters. The topological polar surface area (TPSA) is 130 Å². The van der Waals surface area contributed by atoms with Gasteiger partial charge in [0.05, 0.1) is 17.5 Å². The minimum absolute atomic E-state index is 0.102. The van der Waals surface area contributed by atoms with Gasteiger partial charge < -0.3 is 20.0 Å². The number of nitriles is 1. The molecule has 0 bridgehead atoms. The van der Waals surface area contributed by atoms with E-state index in [1.807, 2.05) is 6.07 Å². The molecule has 8 nitrogen and oxygen atoms in total. The molecule has 1 spiro atoms. The van der Waals surface area contributed by atoms with Gasteiger partial charge in [-0.05, 0) is 18.2 Å². The molecule has 1 amide bonds. The van der Waals surface area contributed by atoms with Gasteiger partial charge in [-0.25, -0.2) is 0 Å². The number of ketones is 1. The molecule has 2 atom stereocenters. The predicted molar refractivity (Wildman–Crippen MR) is 103 cm³/mol. The van der Waals surface area contributed by atoms with Crippen molar-refractivity contribution in [1.29, 1.82) is 5.26 Å². The molecule has 2 aliphatic heterocycles. The van der Waals surface area contributed by atoms with E-state index in [1.54, 1.807) is 36.4 Å². The van der Waals surface area contributed by atoms with Crippen molar-refractivity contribution in [3.63, 3.8) is 0 Å². The van der Waals surface area contributed by atoms with E-state index in [2.05, 4.69) is 0 Å². The van der Waals surface area contributed by atoms with Crippen LogP contribution in [0.15, 0.2) is 69.9 Å². The van der Waals surface area contributed by atoms with Crippen molar-refractivity contribution in [3.8, 4) is 6.07 Å². The quantitative estimate of drug-likeness (QED) is 0.784. The van der Waals surface area contributed by atoms with Gasteiger partial charge in [0.25, 0.3) is 0 Å². The molecule has 0 fully saturated rings. The summed E-state index contributed by atoms with van der Waals surface area (Å²) in [4.78, 5) is 28.2. The third-order valence-corrected chi connectivity index (χ3v) is 6.01. The number of carbonyl (C=O) groups excluding carboxylic acids is 2. The molecule has 30 heavy (non-hydrogen) atoms. The summed E-state index contributed by atoms with van der Waals surface area (Å²) in [5, 5.41) is 19.8. The van der Waals surface area contributed by atoms with Crippen molar-refractivity contribution in [2.45, 2.75) is 24.2 Å². The molecule has 3 heterocycles. The number of anilines is 1. The average Bonchev–Trinajstić information content (AvgIpc) is 3.35. The van der Waals surface area contributed by atoms with E-state index < -0.39 is 18.1 Å². The number of nitrogens with zero attached hydrogens (tertiary/aromatic N) is 2. The lowest BCUT2D eigenvalue weighted by atomic mass is 9.64. The molecule has 2 aromatic rings. The van der Waals surface area contributed by atoms with Gasteiger partial charge in [0.1, 0.15) is 35.3 Å². The fourth-order valence-corrected chi connectivity index (χ4v) is 4.82. The first-order valence-electron chi connectivity index (χ1n) is 9.44. The Morgan fingerprint density at radius 2 is 2.03 bits per heavy atom. The van der Waals surface area contributed by atoms with Crippen molar-refractivity contribution in [2.75, 3.05) is 11.6 Å². The number of nitrogens with two attached hydrogens (primary N) is 1. The maximum atomic E-state index is 13.7. The summed E-state index contributed by atoms with van der Waals surface area (Å²) < 4.78 is 11.2. The standard InChI is InChI=1S/C22H17N3O5/c23-10-14-20(24)30-18-9-12(17-6-3-7-29-17)8-16(27)19(18)22(14)13-4-1-2-5-15(13)25(11-26)21(22)28/h1-7,12,26H,8-9,11,24H2/t12-,22-/m0/s1. The van der Waals surface area contributed by atoms with Crippen LogP contribution in [0.3, 0.4) is 0 Å². The van der Waals surface area contributed by atoms with E-state index in [9.17, 15) is 20.0 Å². The summed E-state index contributed by atoms with van der Waals surface area (Å²) >= 11 is 0. The molecule has 3 aliphatic rings. The normalized spacial score (nSPS) is 25.3. The number of rotatable bonds is 2. The first-order chi connectivity index (χ1) is 14.5. The Kier molecular flexibility index (Phi) is 3.85. The van der Waals surface area contributed by atoms with Crippen molar-refractivity contribution in [1.82, 2.24) is 0 Å².